The molecule has 0 aliphatic heterocycles. The number of rotatable bonds is 3. The van der Waals surface area contributed by atoms with Gasteiger partial charge in [-0.15, -0.1) is 0 Å². The fraction of sp³-hybridized carbons (Fsp3) is 0.154. The largest absolute Gasteiger partial charge is 0.478 e. The zero-order valence-electron chi connectivity index (χ0n) is 10.8. The SMILES string of the molecule is Cc1nsc(N(C)C(=O)c2ccc(Cl)cc2)c1C(=O)O. The van der Waals surface area contributed by atoms with Crippen LogP contribution in [0.25, 0.3) is 0 Å². The van der Waals surface area contributed by atoms with Crippen molar-refractivity contribution in [1.29, 1.82) is 0 Å². The van der Waals surface area contributed by atoms with Crippen molar-refractivity contribution in [2.45, 2.75) is 6.92 Å². The number of aryl methyl sites for hydroxylation is 1. The van der Waals surface area contributed by atoms with E-state index in [1.54, 1.807) is 31.2 Å². The maximum atomic E-state index is 12.3. The number of aromatic nitrogens is 1. The average Bonchev–Trinajstić information content (AvgIpc) is 2.80. The third kappa shape index (κ3) is 2.66. The van der Waals surface area contributed by atoms with Crippen molar-refractivity contribution in [2.75, 3.05) is 11.9 Å². The molecule has 0 fully saturated rings. The Kier molecular flexibility index (Phi) is 4.06. The van der Waals surface area contributed by atoms with Crippen LogP contribution in [0.15, 0.2) is 24.3 Å². The number of carboxylic acids is 1. The first-order chi connectivity index (χ1) is 9.41. The first-order valence-electron chi connectivity index (χ1n) is 5.65. The van der Waals surface area contributed by atoms with E-state index in [9.17, 15) is 14.7 Å². The molecule has 1 amide bonds. The molecule has 2 aromatic rings. The van der Waals surface area contributed by atoms with Gasteiger partial charge in [-0.05, 0) is 42.7 Å². The van der Waals surface area contributed by atoms with Gasteiger partial charge in [0.25, 0.3) is 5.91 Å². The van der Waals surface area contributed by atoms with Gasteiger partial charge in [0.1, 0.15) is 10.6 Å². The summed E-state index contributed by atoms with van der Waals surface area (Å²) >= 11 is 6.76. The van der Waals surface area contributed by atoms with Crippen LogP contribution in [0.2, 0.25) is 5.02 Å². The maximum absolute atomic E-state index is 12.3. The lowest BCUT2D eigenvalue weighted by Gasteiger charge is -2.15. The molecule has 0 unspecified atom stereocenters. The van der Waals surface area contributed by atoms with E-state index < -0.39 is 5.97 Å². The Morgan fingerprint density at radius 3 is 2.45 bits per heavy atom. The Hall–Kier alpha value is -1.92. The van der Waals surface area contributed by atoms with Crippen LogP contribution in [0.5, 0.6) is 0 Å². The molecular weight excluding hydrogens is 300 g/mol. The standard InChI is InChI=1S/C13H11ClN2O3S/c1-7-10(13(18)19)12(20-15-7)16(2)11(17)8-3-5-9(14)6-4-8/h3-6H,1-2H3,(H,18,19). The highest BCUT2D eigenvalue weighted by Gasteiger charge is 2.24. The first kappa shape index (κ1) is 14.5. The van der Waals surface area contributed by atoms with Crippen molar-refractivity contribution in [3.05, 3.63) is 46.1 Å². The summed E-state index contributed by atoms with van der Waals surface area (Å²) < 4.78 is 3.99. The summed E-state index contributed by atoms with van der Waals surface area (Å²) in [6.45, 7) is 1.60. The fourth-order valence-electron chi connectivity index (χ4n) is 1.71. The second-order valence-electron chi connectivity index (χ2n) is 4.12. The summed E-state index contributed by atoms with van der Waals surface area (Å²) in [7, 11) is 1.52. The van der Waals surface area contributed by atoms with Gasteiger partial charge in [0.15, 0.2) is 0 Å². The third-order valence-corrected chi connectivity index (χ3v) is 4.03. The van der Waals surface area contributed by atoms with E-state index in [0.29, 0.717) is 21.3 Å². The number of nitrogens with zero attached hydrogens (tertiary/aromatic N) is 2. The molecule has 1 N–H and O–H groups in total. The topological polar surface area (TPSA) is 70.5 Å². The molecule has 0 spiro atoms. The van der Waals surface area contributed by atoms with E-state index in [0.717, 1.165) is 11.5 Å². The number of carbonyl (C=O) groups is 2. The molecule has 0 radical (unpaired) electrons. The van der Waals surface area contributed by atoms with Crippen molar-refractivity contribution < 1.29 is 14.7 Å². The van der Waals surface area contributed by atoms with Crippen LogP contribution in [0.4, 0.5) is 5.00 Å². The fourth-order valence-corrected chi connectivity index (χ4v) is 2.68. The summed E-state index contributed by atoms with van der Waals surface area (Å²) in [6.07, 6.45) is 0. The summed E-state index contributed by atoms with van der Waals surface area (Å²) in [4.78, 5) is 24.8. The summed E-state index contributed by atoms with van der Waals surface area (Å²) in [5.74, 6) is -1.41. The quantitative estimate of drug-likeness (QED) is 0.945. The van der Waals surface area contributed by atoms with Gasteiger partial charge in [0, 0.05) is 17.6 Å². The predicted octanol–water partition coefficient (Wildman–Crippen LogP) is 3.08. The van der Waals surface area contributed by atoms with Crippen molar-refractivity contribution >= 4 is 40.0 Å². The second-order valence-corrected chi connectivity index (χ2v) is 5.31. The molecule has 5 nitrogen and oxygen atoms in total. The Balaban J connectivity index is 2.36. The lowest BCUT2D eigenvalue weighted by Crippen LogP contribution is -2.26. The number of hydrogen-bond acceptors (Lipinski definition) is 4. The number of amides is 1. The van der Waals surface area contributed by atoms with Gasteiger partial charge in [0.05, 0.1) is 5.69 Å². The number of hydrogen-bond donors (Lipinski definition) is 1. The molecule has 1 aromatic heterocycles. The third-order valence-electron chi connectivity index (χ3n) is 2.76. The van der Waals surface area contributed by atoms with Gasteiger partial charge < -0.3 is 10.0 Å². The molecule has 20 heavy (non-hydrogen) atoms. The predicted molar refractivity (Wildman–Crippen MR) is 78.0 cm³/mol. The van der Waals surface area contributed by atoms with E-state index in [2.05, 4.69) is 4.37 Å². The van der Waals surface area contributed by atoms with Crippen molar-refractivity contribution in [3.63, 3.8) is 0 Å². The van der Waals surface area contributed by atoms with Crippen LogP contribution < -0.4 is 4.90 Å². The van der Waals surface area contributed by atoms with Gasteiger partial charge in [-0.1, -0.05) is 11.6 Å². The van der Waals surface area contributed by atoms with Crippen LogP contribution in [-0.4, -0.2) is 28.4 Å². The van der Waals surface area contributed by atoms with E-state index >= 15 is 0 Å². The van der Waals surface area contributed by atoms with Crippen LogP contribution in [0, 0.1) is 6.92 Å². The van der Waals surface area contributed by atoms with Crippen LogP contribution >= 0.6 is 23.1 Å². The van der Waals surface area contributed by atoms with Gasteiger partial charge in [-0.2, -0.15) is 4.37 Å². The number of anilines is 1. The minimum Gasteiger partial charge on any atom is -0.478 e. The molecule has 2 rings (SSSR count). The van der Waals surface area contributed by atoms with Crippen molar-refractivity contribution in [2.24, 2.45) is 0 Å². The highest BCUT2D eigenvalue weighted by molar-refractivity contribution is 7.11. The summed E-state index contributed by atoms with van der Waals surface area (Å²) in [5, 5.41) is 10.0. The van der Waals surface area contributed by atoms with Crippen LogP contribution in [0.3, 0.4) is 0 Å². The minimum absolute atomic E-state index is 0.0554. The van der Waals surface area contributed by atoms with E-state index in [1.807, 2.05) is 0 Å². The van der Waals surface area contributed by atoms with E-state index in [-0.39, 0.29) is 11.5 Å². The minimum atomic E-state index is -1.10. The maximum Gasteiger partial charge on any atom is 0.340 e. The molecule has 1 aromatic carbocycles. The number of carboxylic acid groups (broad SMARTS) is 1. The molecular formula is C13H11ClN2O3S. The van der Waals surface area contributed by atoms with Crippen molar-refractivity contribution in [1.82, 2.24) is 4.37 Å². The van der Waals surface area contributed by atoms with Gasteiger partial charge in [-0.3, -0.25) is 4.79 Å². The Bertz CT molecular complexity index is 667. The van der Waals surface area contributed by atoms with Gasteiger partial charge in [0.2, 0.25) is 0 Å². The smallest absolute Gasteiger partial charge is 0.340 e. The molecule has 0 saturated carbocycles. The lowest BCUT2D eigenvalue weighted by atomic mass is 10.2. The second kappa shape index (κ2) is 5.60. The molecule has 0 saturated heterocycles. The summed E-state index contributed by atoms with van der Waals surface area (Å²) in [6, 6.07) is 6.41. The number of halogens is 1. The van der Waals surface area contributed by atoms with Crippen LogP contribution in [0.1, 0.15) is 26.4 Å². The Morgan fingerprint density at radius 2 is 1.90 bits per heavy atom. The van der Waals surface area contributed by atoms with Gasteiger partial charge >= 0.3 is 5.97 Å². The molecule has 0 bridgehead atoms. The zero-order chi connectivity index (χ0) is 14.9. The van der Waals surface area contributed by atoms with Crippen molar-refractivity contribution in [3.8, 4) is 0 Å². The summed E-state index contributed by atoms with van der Waals surface area (Å²) in [5.41, 5.74) is 0.882. The lowest BCUT2D eigenvalue weighted by molar-refractivity contribution is 0.0697. The normalized spacial score (nSPS) is 10.3. The highest BCUT2D eigenvalue weighted by atomic mass is 35.5. The molecule has 0 aliphatic carbocycles. The van der Waals surface area contributed by atoms with Gasteiger partial charge in [-0.25, -0.2) is 4.79 Å². The molecule has 7 heteroatoms. The Morgan fingerprint density at radius 1 is 1.30 bits per heavy atom. The van der Waals surface area contributed by atoms with E-state index in [4.69, 9.17) is 11.6 Å². The first-order valence-corrected chi connectivity index (χ1v) is 6.80. The highest BCUT2D eigenvalue weighted by Crippen LogP contribution is 2.29. The zero-order valence-corrected chi connectivity index (χ0v) is 12.3. The molecule has 1 heterocycles. The monoisotopic (exact) mass is 310 g/mol. The van der Waals surface area contributed by atoms with Crippen LogP contribution in [-0.2, 0) is 0 Å². The average molecular weight is 311 g/mol. The van der Waals surface area contributed by atoms with E-state index in [1.165, 1.54) is 11.9 Å². The Labute approximate surface area is 124 Å². The molecule has 0 aliphatic rings. The molecule has 104 valence electrons. The number of carbonyl (C=O) groups excluding carboxylic acids is 1. The number of aromatic carboxylic acids is 1. The molecule has 0 atom stereocenters. The number of benzene rings is 1.